The molecule has 0 fully saturated rings. The van der Waals surface area contributed by atoms with Crippen LogP contribution in [0.3, 0.4) is 0 Å². The fourth-order valence-corrected chi connectivity index (χ4v) is 4.33. The first-order valence-electron chi connectivity index (χ1n) is 9.70. The lowest BCUT2D eigenvalue weighted by Crippen LogP contribution is -2.38. The quantitative estimate of drug-likeness (QED) is 0.263. The van der Waals surface area contributed by atoms with E-state index in [2.05, 4.69) is 22.9 Å². The Balaban J connectivity index is 2.32. The van der Waals surface area contributed by atoms with Crippen LogP contribution < -0.4 is 5.84 Å². The molecule has 1 aliphatic heterocycles. The van der Waals surface area contributed by atoms with Gasteiger partial charge in [-0.2, -0.15) is 0 Å². The normalized spacial score (nSPS) is 13.2. The number of thioether (sulfide) groups is 1. The predicted molar refractivity (Wildman–Crippen MR) is 127 cm³/mol. The number of fused-ring (bicyclic) bond motifs is 1. The highest BCUT2D eigenvalue weighted by Crippen LogP contribution is 2.37. The molecule has 0 saturated heterocycles. The highest BCUT2D eigenvalue weighted by atomic mass is 79.9. The molecule has 7 nitrogen and oxygen atoms in total. The summed E-state index contributed by atoms with van der Waals surface area (Å²) in [6.07, 6.45) is 3.70. The van der Waals surface area contributed by atoms with Crippen LogP contribution in [-0.4, -0.2) is 40.8 Å². The first-order chi connectivity index (χ1) is 14.4. The van der Waals surface area contributed by atoms with Crippen molar-refractivity contribution in [2.75, 3.05) is 19.3 Å². The Labute approximate surface area is 188 Å². The number of nitrogens with two attached hydrogens (primary N) is 1. The minimum absolute atomic E-state index is 0.0287. The summed E-state index contributed by atoms with van der Waals surface area (Å²) in [5, 5.41) is 13.4. The maximum Gasteiger partial charge on any atom is 0.278 e. The third kappa shape index (κ3) is 4.43. The van der Waals surface area contributed by atoms with Gasteiger partial charge in [0.1, 0.15) is 5.84 Å². The van der Waals surface area contributed by atoms with Gasteiger partial charge in [-0.15, -0.1) is 11.8 Å². The van der Waals surface area contributed by atoms with Gasteiger partial charge < -0.3 is 0 Å². The van der Waals surface area contributed by atoms with Gasteiger partial charge in [-0.1, -0.05) is 29.3 Å². The van der Waals surface area contributed by atoms with Crippen molar-refractivity contribution in [2.24, 2.45) is 15.8 Å². The standard InChI is InChI=1S/C21H24BrN5O2S/c1-4-6-14-17(22)9-8-15-20(24-12-19(25-21(14)15)26(23)5-2)16-11-13(30-3)7-10-18(16)27(28)29/h7-11H,4-6,12,23H2,1-3H3. The van der Waals surface area contributed by atoms with Crippen LogP contribution in [0.1, 0.15) is 37.0 Å². The molecule has 0 spiro atoms. The number of hydrogen-bond acceptors (Lipinski definition) is 7. The second kappa shape index (κ2) is 9.72. The average Bonchev–Trinajstić information content (AvgIpc) is 2.94. The number of nitrogens with zero attached hydrogens (tertiary/aromatic N) is 4. The van der Waals surface area contributed by atoms with E-state index in [1.165, 1.54) is 11.8 Å². The number of benzene rings is 2. The zero-order chi connectivity index (χ0) is 21.8. The molecule has 2 aromatic carbocycles. The maximum absolute atomic E-state index is 11.8. The van der Waals surface area contributed by atoms with Gasteiger partial charge in [-0.3, -0.25) is 20.1 Å². The first kappa shape index (κ1) is 22.5. The van der Waals surface area contributed by atoms with Crippen molar-refractivity contribution >= 4 is 50.6 Å². The van der Waals surface area contributed by atoms with E-state index in [-0.39, 0.29) is 17.2 Å². The van der Waals surface area contributed by atoms with Crippen molar-refractivity contribution in [3.63, 3.8) is 0 Å². The summed E-state index contributed by atoms with van der Waals surface area (Å²) in [7, 11) is 0. The van der Waals surface area contributed by atoms with Crippen LogP contribution in [0.5, 0.6) is 0 Å². The van der Waals surface area contributed by atoms with E-state index >= 15 is 0 Å². The Morgan fingerprint density at radius 2 is 2.03 bits per heavy atom. The zero-order valence-corrected chi connectivity index (χ0v) is 19.6. The van der Waals surface area contributed by atoms with Gasteiger partial charge in [0, 0.05) is 27.5 Å². The second-order valence-corrected chi connectivity index (χ2v) is 8.53. The van der Waals surface area contributed by atoms with Crippen molar-refractivity contribution < 1.29 is 4.92 Å². The second-order valence-electron chi connectivity index (χ2n) is 6.79. The lowest BCUT2D eigenvalue weighted by Gasteiger charge is -2.17. The molecule has 3 rings (SSSR count). The third-order valence-electron chi connectivity index (χ3n) is 4.93. The molecule has 1 aliphatic rings. The van der Waals surface area contributed by atoms with E-state index in [1.54, 1.807) is 17.1 Å². The predicted octanol–water partition coefficient (Wildman–Crippen LogP) is 5.11. The first-order valence-corrected chi connectivity index (χ1v) is 11.7. The molecule has 1 heterocycles. The van der Waals surface area contributed by atoms with Crippen molar-refractivity contribution in [1.29, 1.82) is 0 Å². The molecule has 0 radical (unpaired) electrons. The number of aliphatic imine (C=N–C) groups is 2. The Hall–Kier alpha value is -2.23. The smallest absolute Gasteiger partial charge is 0.278 e. The fourth-order valence-electron chi connectivity index (χ4n) is 3.38. The van der Waals surface area contributed by atoms with Crippen LogP contribution in [0.15, 0.2) is 49.7 Å². The van der Waals surface area contributed by atoms with Gasteiger partial charge in [0.15, 0.2) is 0 Å². The minimum atomic E-state index is -0.360. The van der Waals surface area contributed by atoms with Crippen LogP contribution in [0.25, 0.3) is 0 Å². The molecule has 0 atom stereocenters. The molecule has 158 valence electrons. The summed E-state index contributed by atoms with van der Waals surface area (Å²) in [5.74, 6) is 6.79. The van der Waals surface area contributed by atoms with Crippen molar-refractivity contribution in [2.45, 2.75) is 31.6 Å². The molecule has 0 aliphatic carbocycles. The van der Waals surface area contributed by atoms with E-state index in [0.29, 0.717) is 23.7 Å². The number of rotatable bonds is 6. The summed E-state index contributed by atoms with van der Waals surface area (Å²) in [5.41, 5.74) is 3.69. The fraction of sp³-hybridized carbons (Fsp3) is 0.333. The number of hydrogen-bond donors (Lipinski definition) is 1. The van der Waals surface area contributed by atoms with Gasteiger partial charge in [-0.25, -0.2) is 10.8 Å². The van der Waals surface area contributed by atoms with Crippen LogP contribution in [0.2, 0.25) is 0 Å². The number of nitro benzene ring substituents is 1. The van der Waals surface area contributed by atoms with Gasteiger partial charge in [0.05, 0.1) is 28.4 Å². The molecular formula is C21H24BrN5O2S. The Kier molecular flexibility index (Phi) is 7.27. The number of nitro groups is 1. The molecule has 2 aromatic rings. The monoisotopic (exact) mass is 489 g/mol. The largest absolute Gasteiger partial charge is 0.297 e. The molecule has 2 N–H and O–H groups in total. The van der Waals surface area contributed by atoms with E-state index in [9.17, 15) is 10.1 Å². The summed E-state index contributed by atoms with van der Waals surface area (Å²) in [6.45, 7) is 4.88. The van der Waals surface area contributed by atoms with E-state index in [1.807, 2.05) is 31.4 Å². The highest BCUT2D eigenvalue weighted by Gasteiger charge is 2.26. The summed E-state index contributed by atoms with van der Waals surface area (Å²) < 4.78 is 0.958. The van der Waals surface area contributed by atoms with E-state index in [4.69, 9.17) is 15.8 Å². The molecule has 0 amide bonds. The molecule has 0 saturated carbocycles. The molecule has 9 heteroatoms. The molecule has 0 bridgehead atoms. The lowest BCUT2D eigenvalue weighted by atomic mass is 9.95. The topological polar surface area (TPSA) is 97.1 Å². The maximum atomic E-state index is 11.8. The van der Waals surface area contributed by atoms with Crippen LogP contribution in [0, 0.1) is 10.1 Å². The van der Waals surface area contributed by atoms with Crippen LogP contribution >= 0.6 is 27.7 Å². The van der Waals surface area contributed by atoms with Gasteiger partial charge in [-0.05, 0) is 49.4 Å². The highest BCUT2D eigenvalue weighted by molar-refractivity contribution is 9.10. The molecular weight excluding hydrogens is 466 g/mol. The number of hydrazine groups is 1. The third-order valence-corrected chi connectivity index (χ3v) is 6.40. The summed E-state index contributed by atoms with van der Waals surface area (Å²) in [6, 6.07) is 9.02. The molecule has 30 heavy (non-hydrogen) atoms. The lowest BCUT2D eigenvalue weighted by molar-refractivity contribution is -0.385. The Bertz CT molecular complexity index is 1040. The van der Waals surface area contributed by atoms with Crippen LogP contribution in [0.4, 0.5) is 11.4 Å². The molecule has 0 unspecified atom stereocenters. The number of halogens is 1. The van der Waals surface area contributed by atoms with Crippen molar-refractivity contribution in [3.05, 3.63) is 61.6 Å². The SMILES string of the molecule is CCCc1c(Br)ccc2c1N=C(N(N)CC)CN=C2c1cc(SC)ccc1[N+](=O)[O-]. The van der Waals surface area contributed by atoms with E-state index in [0.717, 1.165) is 39.0 Å². The Morgan fingerprint density at radius 1 is 1.27 bits per heavy atom. The minimum Gasteiger partial charge on any atom is -0.297 e. The number of amidine groups is 1. The van der Waals surface area contributed by atoms with Gasteiger partial charge >= 0.3 is 0 Å². The van der Waals surface area contributed by atoms with Crippen molar-refractivity contribution in [1.82, 2.24) is 5.01 Å². The summed E-state index contributed by atoms with van der Waals surface area (Å²) >= 11 is 5.18. The average molecular weight is 490 g/mol. The van der Waals surface area contributed by atoms with Gasteiger partial charge in [0.2, 0.25) is 0 Å². The Morgan fingerprint density at radius 3 is 2.67 bits per heavy atom. The summed E-state index contributed by atoms with van der Waals surface area (Å²) in [4.78, 5) is 22.0. The van der Waals surface area contributed by atoms with Crippen molar-refractivity contribution in [3.8, 4) is 0 Å². The van der Waals surface area contributed by atoms with Gasteiger partial charge in [0.25, 0.3) is 5.69 Å². The number of likely N-dealkylation sites (N-methyl/N-ethyl adjacent to an activating group) is 1. The van der Waals surface area contributed by atoms with E-state index < -0.39 is 0 Å². The molecule has 0 aromatic heterocycles. The zero-order valence-electron chi connectivity index (χ0n) is 17.2. The van der Waals surface area contributed by atoms with Crippen LogP contribution in [-0.2, 0) is 6.42 Å².